The minimum absolute atomic E-state index is 0.0464. The molecule has 2 N–H and O–H groups in total. The van der Waals surface area contributed by atoms with Crippen molar-refractivity contribution in [2.75, 3.05) is 10.0 Å². The summed E-state index contributed by atoms with van der Waals surface area (Å²) in [5.41, 5.74) is 0.605. The number of benzene rings is 3. The number of amides is 1. The molecule has 0 aliphatic carbocycles. The van der Waals surface area contributed by atoms with Gasteiger partial charge in [-0.05, 0) is 55.0 Å². The first-order valence-electron chi connectivity index (χ1n) is 8.32. The maximum absolute atomic E-state index is 13.9. The number of carbonyl (C=O) groups is 1. The van der Waals surface area contributed by atoms with Gasteiger partial charge in [0.1, 0.15) is 5.82 Å². The van der Waals surface area contributed by atoms with Crippen molar-refractivity contribution in [3.05, 3.63) is 87.7 Å². The van der Waals surface area contributed by atoms with Crippen LogP contribution in [-0.4, -0.2) is 14.3 Å². The van der Waals surface area contributed by atoms with E-state index in [2.05, 4.69) is 10.0 Å². The van der Waals surface area contributed by atoms with Gasteiger partial charge in [-0.3, -0.25) is 9.52 Å². The Balaban J connectivity index is 1.91. The predicted octanol–water partition coefficient (Wildman–Crippen LogP) is 5.49. The van der Waals surface area contributed by atoms with Crippen molar-refractivity contribution in [1.29, 1.82) is 0 Å². The van der Waals surface area contributed by atoms with Crippen LogP contribution in [0.4, 0.5) is 15.8 Å². The van der Waals surface area contributed by atoms with Crippen molar-refractivity contribution in [2.45, 2.75) is 11.8 Å². The van der Waals surface area contributed by atoms with Gasteiger partial charge in [0.2, 0.25) is 0 Å². The molecule has 0 heterocycles. The minimum atomic E-state index is -3.96. The molecule has 3 aromatic carbocycles. The number of halogens is 3. The third-order valence-electron chi connectivity index (χ3n) is 4.00. The van der Waals surface area contributed by atoms with E-state index in [-0.39, 0.29) is 21.2 Å². The molecule has 0 saturated heterocycles. The molecule has 9 heteroatoms. The molecule has 3 rings (SSSR count). The molecule has 0 fully saturated rings. The van der Waals surface area contributed by atoms with E-state index in [0.717, 1.165) is 6.07 Å². The maximum atomic E-state index is 13.9. The first kappa shape index (κ1) is 21.1. The van der Waals surface area contributed by atoms with Crippen LogP contribution in [0, 0.1) is 12.7 Å². The SMILES string of the molecule is Cc1ccc(NC(=O)c2c(F)cccc2Cl)cc1S(=O)(=O)Nc1cccc(Cl)c1. The molecule has 0 atom stereocenters. The van der Waals surface area contributed by atoms with Crippen molar-refractivity contribution in [1.82, 2.24) is 0 Å². The van der Waals surface area contributed by atoms with Gasteiger partial charge in [0.25, 0.3) is 15.9 Å². The summed E-state index contributed by atoms with van der Waals surface area (Å²) in [6.45, 7) is 1.62. The van der Waals surface area contributed by atoms with E-state index in [0.29, 0.717) is 16.3 Å². The van der Waals surface area contributed by atoms with E-state index in [1.807, 2.05) is 0 Å². The highest BCUT2D eigenvalue weighted by atomic mass is 35.5. The molecule has 150 valence electrons. The van der Waals surface area contributed by atoms with Crippen LogP contribution in [0.2, 0.25) is 10.0 Å². The molecule has 1 amide bonds. The molecule has 0 unspecified atom stereocenters. The van der Waals surface area contributed by atoms with Crippen LogP contribution in [0.1, 0.15) is 15.9 Å². The Hall–Kier alpha value is -2.61. The van der Waals surface area contributed by atoms with Crippen molar-refractivity contribution in [3.8, 4) is 0 Å². The van der Waals surface area contributed by atoms with Crippen LogP contribution in [0.25, 0.3) is 0 Å². The summed E-state index contributed by atoms with van der Waals surface area (Å²) < 4.78 is 42.0. The molecule has 5 nitrogen and oxygen atoms in total. The van der Waals surface area contributed by atoms with Crippen LogP contribution in [0.15, 0.2) is 65.6 Å². The van der Waals surface area contributed by atoms with E-state index in [4.69, 9.17) is 23.2 Å². The first-order valence-corrected chi connectivity index (χ1v) is 10.6. The normalized spacial score (nSPS) is 11.2. The molecule has 0 spiro atoms. The van der Waals surface area contributed by atoms with E-state index >= 15 is 0 Å². The predicted molar refractivity (Wildman–Crippen MR) is 113 cm³/mol. The monoisotopic (exact) mass is 452 g/mol. The van der Waals surface area contributed by atoms with Gasteiger partial charge in [-0.2, -0.15) is 0 Å². The van der Waals surface area contributed by atoms with Crippen LogP contribution in [0.5, 0.6) is 0 Å². The zero-order valence-corrected chi connectivity index (χ0v) is 17.4. The highest BCUT2D eigenvalue weighted by molar-refractivity contribution is 7.92. The Morgan fingerprint density at radius 3 is 2.38 bits per heavy atom. The van der Waals surface area contributed by atoms with Gasteiger partial charge in [-0.25, -0.2) is 12.8 Å². The number of rotatable bonds is 5. The summed E-state index contributed by atoms with van der Waals surface area (Å²) in [7, 11) is -3.96. The molecule has 0 aliphatic heterocycles. The summed E-state index contributed by atoms with van der Waals surface area (Å²) in [5, 5.41) is 2.80. The Labute approximate surface area is 177 Å². The fraction of sp³-hybridized carbons (Fsp3) is 0.0500. The highest BCUT2D eigenvalue weighted by Crippen LogP contribution is 2.26. The van der Waals surface area contributed by atoms with Gasteiger partial charge in [0, 0.05) is 10.7 Å². The quantitative estimate of drug-likeness (QED) is 0.536. The topological polar surface area (TPSA) is 75.3 Å². The third-order valence-corrected chi connectivity index (χ3v) is 6.08. The van der Waals surface area contributed by atoms with Crippen molar-refractivity contribution >= 4 is 50.5 Å². The van der Waals surface area contributed by atoms with Crippen LogP contribution in [0.3, 0.4) is 0 Å². The standard InChI is InChI=1S/C20H15Cl2FN2O3S/c1-12-8-9-14(24-20(26)19-16(22)6-3-7-17(19)23)11-18(12)29(27,28)25-15-5-2-4-13(21)10-15/h2-11,25H,1H3,(H,24,26). The Morgan fingerprint density at radius 2 is 1.69 bits per heavy atom. The van der Waals surface area contributed by atoms with Gasteiger partial charge in [0.15, 0.2) is 0 Å². The highest BCUT2D eigenvalue weighted by Gasteiger charge is 2.20. The lowest BCUT2D eigenvalue weighted by Crippen LogP contribution is -2.17. The molecule has 0 aromatic heterocycles. The first-order chi connectivity index (χ1) is 13.7. The zero-order chi connectivity index (χ0) is 21.2. The second-order valence-corrected chi connectivity index (χ2v) is 8.64. The third kappa shape index (κ3) is 4.87. The average Bonchev–Trinajstić information content (AvgIpc) is 2.62. The maximum Gasteiger partial charge on any atom is 0.262 e. The second kappa shape index (κ2) is 8.41. The van der Waals surface area contributed by atoms with Gasteiger partial charge >= 0.3 is 0 Å². The van der Waals surface area contributed by atoms with Crippen LogP contribution < -0.4 is 10.0 Å². The minimum Gasteiger partial charge on any atom is -0.322 e. The van der Waals surface area contributed by atoms with E-state index in [9.17, 15) is 17.6 Å². The molecule has 0 bridgehead atoms. The summed E-state index contributed by atoms with van der Waals surface area (Å²) in [5.74, 6) is -1.57. The number of carbonyl (C=O) groups excluding carboxylic acids is 1. The lowest BCUT2D eigenvalue weighted by Gasteiger charge is -2.13. The number of sulfonamides is 1. The Morgan fingerprint density at radius 1 is 0.966 bits per heavy atom. The van der Waals surface area contributed by atoms with Crippen molar-refractivity contribution in [2.24, 2.45) is 0 Å². The molecular weight excluding hydrogens is 438 g/mol. The van der Waals surface area contributed by atoms with E-state index in [1.165, 1.54) is 36.4 Å². The summed E-state index contributed by atoms with van der Waals surface area (Å²) in [6, 6.07) is 14.5. The van der Waals surface area contributed by atoms with E-state index < -0.39 is 21.7 Å². The number of hydrogen-bond donors (Lipinski definition) is 2. The zero-order valence-electron chi connectivity index (χ0n) is 15.0. The smallest absolute Gasteiger partial charge is 0.262 e. The Bertz CT molecular complexity index is 1180. The van der Waals surface area contributed by atoms with Crippen LogP contribution in [-0.2, 0) is 10.0 Å². The summed E-state index contributed by atoms with van der Waals surface area (Å²) in [6.07, 6.45) is 0. The fourth-order valence-corrected chi connectivity index (χ4v) is 4.40. The average molecular weight is 453 g/mol. The summed E-state index contributed by atoms with van der Waals surface area (Å²) in [4.78, 5) is 12.4. The van der Waals surface area contributed by atoms with Gasteiger partial charge in [0.05, 0.1) is 21.2 Å². The van der Waals surface area contributed by atoms with Gasteiger partial charge in [-0.15, -0.1) is 0 Å². The fourth-order valence-electron chi connectivity index (χ4n) is 2.64. The lowest BCUT2D eigenvalue weighted by atomic mass is 10.1. The number of nitrogens with one attached hydrogen (secondary N) is 2. The number of aryl methyl sites for hydroxylation is 1. The number of anilines is 2. The second-order valence-electron chi connectivity index (χ2n) is 6.15. The molecule has 3 aromatic rings. The number of hydrogen-bond acceptors (Lipinski definition) is 3. The Kier molecular flexibility index (Phi) is 6.12. The van der Waals surface area contributed by atoms with E-state index in [1.54, 1.807) is 25.1 Å². The largest absolute Gasteiger partial charge is 0.322 e. The van der Waals surface area contributed by atoms with Gasteiger partial charge < -0.3 is 5.32 Å². The van der Waals surface area contributed by atoms with Gasteiger partial charge in [-0.1, -0.05) is 41.4 Å². The van der Waals surface area contributed by atoms with Crippen LogP contribution >= 0.6 is 23.2 Å². The van der Waals surface area contributed by atoms with Crippen molar-refractivity contribution in [3.63, 3.8) is 0 Å². The molecule has 0 saturated carbocycles. The van der Waals surface area contributed by atoms with Crippen molar-refractivity contribution < 1.29 is 17.6 Å². The molecular formula is C20H15Cl2FN2O3S. The molecule has 0 aliphatic rings. The lowest BCUT2D eigenvalue weighted by molar-refractivity contribution is 0.102. The molecule has 0 radical (unpaired) electrons. The molecule has 29 heavy (non-hydrogen) atoms. The summed E-state index contributed by atoms with van der Waals surface area (Å²) >= 11 is 11.8.